The molecule has 2 aromatic rings. The first-order valence-corrected chi connectivity index (χ1v) is 8.91. The second-order valence-electron chi connectivity index (χ2n) is 6.25. The number of hydrogen-bond acceptors (Lipinski definition) is 4. The molecule has 0 fully saturated rings. The van der Waals surface area contributed by atoms with Crippen molar-refractivity contribution in [1.29, 1.82) is 0 Å². The third kappa shape index (κ3) is 6.75. The first-order valence-electron chi connectivity index (χ1n) is 8.91. The highest BCUT2D eigenvalue weighted by atomic mass is 16.5. The van der Waals surface area contributed by atoms with Crippen molar-refractivity contribution < 1.29 is 19.1 Å². The summed E-state index contributed by atoms with van der Waals surface area (Å²) in [6.07, 6.45) is 0.0752. The number of methoxy groups -OCH3 is 1. The summed E-state index contributed by atoms with van der Waals surface area (Å²) in [6.45, 7) is 4.79. The minimum absolute atomic E-state index is 0.189. The molecule has 0 spiro atoms. The summed E-state index contributed by atoms with van der Waals surface area (Å²) >= 11 is 0. The first kappa shape index (κ1) is 20.5. The molecule has 0 aliphatic carbocycles. The Morgan fingerprint density at radius 3 is 2.56 bits per heavy atom. The van der Waals surface area contributed by atoms with Crippen LogP contribution in [0, 0.1) is 6.92 Å². The monoisotopic (exact) mass is 370 g/mol. The molecule has 1 unspecified atom stereocenters. The third-order valence-corrected chi connectivity index (χ3v) is 3.91. The number of anilines is 1. The van der Waals surface area contributed by atoms with E-state index < -0.39 is 6.10 Å². The molecule has 6 nitrogen and oxygen atoms in total. The molecular weight excluding hydrogens is 344 g/mol. The molecule has 1 atom stereocenters. The maximum absolute atomic E-state index is 12.4. The van der Waals surface area contributed by atoms with Crippen molar-refractivity contribution in [3.05, 3.63) is 59.7 Å². The molecule has 0 aliphatic heterocycles. The largest absolute Gasteiger partial charge is 0.481 e. The van der Waals surface area contributed by atoms with Crippen molar-refractivity contribution >= 4 is 17.5 Å². The zero-order valence-corrected chi connectivity index (χ0v) is 16.0. The van der Waals surface area contributed by atoms with Crippen LogP contribution in [-0.4, -0.2) is 38.2 Å². The van der Waals surface area contributed by atoms with Crippen molar-refractivity contribution in [2.45, 2.75) is 26.4 Å². The Morgan fingerprint density at radius 2 is 1.85 bits per heavy atom. The van der Waals surface area contributed by atoms with Gasteiger partial charge in [-0.05, 0) is 50.6 Å². The Labute approximate surface area is 159 Å². The van der Waals surface area contributed by atoms with Gasteiger partial charge in [0.05, 0.1) is 0 Å². The zero-order chi connectivity index (χ0) is 19.6. The molecule has 2 aromatic carbocycles. The summed E-state index contributed by atoms with van der Waals surface area (Å²) < 4.78 is 10.6. The molecule has 0 bridgehead atoms. The quantitative estimate of drug-likeness (QED) is 0.665. The van der Waals surface area contributed by atoms with Crippen LogP contribution in [0.25, 0.3) is 0 Å². The molecule has 2 rings (SSSR count). The van der Waals surface area contributed by atoms with Gasteiger partial charge in [-0.25, -0.2) is 0 Å². The summed E-state index contributed by atoms with van der Waals surface area (Å²) in [4.78, 5) is 24.5. The third-order valence-electron chi connectivity index (χ3n) is 3.91. The summed E-state index contributed by atoms with van der Waals surface area (Å²) in [7, 11) is 1.62. The second kappa shape index (κ2) is 10.3. The number of ether oxygens (including phenoxy) is 2. The molecule has 0 saturated carbocycles. The molecule has 2 amide bonds. The summed E-state index contributed by atoms with van der Waals surface area (Å²) in [6, 6.07) is 14.3. The van der Waals surface area contributed by atoms with Crippen molar-refractivity contribution in [1.82, 2.24) is 5.32 Å². The zero-order valence-electron chi connectivity index (χ0n) is 16.0. The number of amides is 2. The topological polar surface area (TPSA) is 76.7 Å². The lowest BCUT2D eigenvalue weighted by molar-refractivity contribution is -0.122. The van der Waals surface area contributed by atoms with Gasteiger partial charge in [0, 0.05) is 31.5 Å². The molecule has 144 valence electrons. The molecule has 27 heavy (non-hydrogen) atoms. The van der Waals surface area contributed by atoms with E-state index in [9.17, 15) is 9.59 Å². The number of hydrogen-bond donors (Lipinski definition) is 2. The predicted octanol–water partition coefficient (Wildman–Crippen LogP) is 3.17. The van der Waals surface area contributed by atoms with Crippen LogP contribution in [-0.2, 0) is 9.53 Å². The van der Waals surface area contributed by atoms with Gasteiger partial charge < -0.3 is 20.1 Å². The maximum Gasteiger partial charge on any atom is 0.265 e. The lowest BCUT2D eigenvalue weighted by Crippen LogP contribution is -2.30. The molecule has 2 N–H and O–H groups in total. The van der Waals surface area contributed by atoms with Crippen molar-refractivity contribution in [3.8, 4) is 5.75 Å². The lowest BCUT2D eigenvalue weighted by Gasteiger charge is -2.15. The van der Waals surface area contributed by atoms with Crippen LogP contribution < -0.4 is 15.4 Å². The summed E-state index contributed by atoms with van der Waals surface area (Å²) in [5, 5.41) is 5.60. The standard InChI is InChI=1S/C21H26N2O4/c1-15-8-10-19(11-9-15)27-16(2)20(24)23-18-7-4-6-17(14-18)21(25)22-12-5-13-26-3/h4,6-11,14,16H,5,12-13H2,1-3H3,(H,22,25)(H,23,24). The van der Waals surface area contributed by atoms with E-state index in [2.05, 4.69) is 10.6 Å². The average Bonchev–Trinajstić information content (AvgIpc) is 2.67. The molecule has 0 saturated heterocycles. The normalized spacial score (nSPS) is 11.5. The molecule has 0 aliphatic rings. The van der Waals surface area contributed by atoms with E-state index >= 15 is 0 Å². The fourth-order valence-electron chi connectivity index (χ4n) is 2.38. The van der Waals surface area contributed by atoms with Gasteiger partial charge in [0.25, 0.3) is 11.8 Å². The highest BCUT2D eigenvalue weighted by Crippen LogP contribution is 2.15. The van der Waals surface area contributed by atoms with Gasteiger partial charge in [-0.1, -0.05) is 23.8 Å². The lowest BCUT2D eigenvalue weighted by atomic mass is 10.2. The highest BCUT2D eigenvalue weighted by Gasteiger charge is 2.15. The maximum atomic E-state index is 12.4. The number of carbonyl (C=O) groups is 2. The van der Waals surface area contributed by atoms with E-state index in [4.69, 9.17) is 9.47 Å². The van der Waals surface area contributed by atoms with E-state index in [0.29, 0.717) is 30.2 Å². The van der Waals surface area contributed by atoms with E-state index in [1.807, 2.05) is 31.2 Å². The van der Waals surface area contributed by atoms with Crippen molar-refractivity contribution in [2.24, 2.45) is 0 Å². The fraction of sp³-hybridized carbons (Fsp3) is 0.333. The van der Waals surface area contributed by atoms with Crippen LogP contribution in [0.3, 0.4) is 0 Å². The van der Waals surface area contributed by atoms with Gasteiger partial charge >= 0.3 is 0 Å². The van der Waals surface area contributed by atoms with E-state index in [1.54, 1.807) is 38.3 Å². The van der Waals surface area contributed by atoms with Crippen LogP contribution in [0.1, 0.15) is 29.3 Å². The highest BCUT2D eigenvalue weighted by molar-refractivity contribution is 5.98. The van der Waals surface area contributed by atoms with Crippen LogP contribution in [0.2, 0.25) is 0 Å². The smallest absolute Gasteiger partial charge is 0.265 e. The summed E-state index contributed by atoms with van der Waals surface area (Å²) in [5.74, 6) is 0.159. The second-order valence-corrected chi connectivity index (χ2v) is 6.25. The predicted molar refractivity (Wildman–Crippen MR) is 105 cm³/mol. The van der Waals surface area contributed by atoms with Crippen LogP contribution in [0.5, 0.6) is 5.75 Å². The molecule has 6 heteroatoms. The SMILES string of the molecule is COCCCNC(=O)c1cccc(NC(=O)C(C)Oc2ccc(C)cc2)c1. The van der Waals surface area contributed by atoms with E-state index in [1.165, 1.54) is 0 Å². The average molecular weight is 370 g/mol. The minimum atomic E-state index is -0.667. The number of aryl methyl sites for hydroxylation is 1. The van der Waals surface area contributed by atoms with Crippen molar-refractivity contribution in [2.75, 3.05) is 25.6 Å². The van der Waals surface area contributed by atoms with E-state index in [-0.39, 0.29) is 11.8 Å². The number of nitrogens with one attached hydrogen (secondary N) is 2. The van der Waals surface area contributed by atoms with Crippen LogP contribution in [0.15, 0.2) is 48.5 Å². The van der Waals surface area contributed by atoms with Gasteiger partial charge in [-0.2, -0.15) is 0 Å². The Morgan fingerprint density at radius 1 is 1.11 bits per heavy atom. The van der Waals surface area contributed by atoms with Crippen LogP contribution in [0.4, 0.5) is 5.69 Å². The number of carbonyl (C=O) groups excluding carboxylic acids is 2. The van der Waals surface area contributed by atoms with Crippen molar-refractivity contribution in [3.63, 3.8) is 0 Å². The van der Waals surface area contributed by atoms with E-state index in [0.717, 1.165) is 12.0 Å². The van der Waals surface area contributed by atoms with Gasteiger partial charge in [0.2, 0.25) is 0 Å². The fourth-order valence-corrected chi connectivity index (χ4v) is 2.38. The number of benzene rings is 2. The Hall–Kier alpha value is -2.86. The van der Waals surface area contributed by atoms with Gasteiger partial charge in [-0.3, -0.25) is 9.59 Å². The minimum Gasteiger partial charge on any atom is -0.481 e. The molecular formula is C21H26N2O4. The first-order chi connectivity index (χ1) is 13.0. The van der Waals surface area contributed by atoms with Gasteiger partial charge in [-0.15, -0.1) is 0 Å². The van der Waals surface area contributed by atoms with Crippen LogP contribution >= 0.6 is 0 Å². The van der Waals surface area contributed by atoms with Gasteiger partial charge in [0.15, 0.2) is 6.10 Å². The molecule has 0 heterocycles. The Balaban J connectivity index is 1.91. The summed E-state index contributed by atoms with van der Waals surface area (Å²) in [5.41, 5.74) is 2.15. The number of rotatable bonds is 9. The Bertz CT molecular complexity index is 759. The Kier molecular flexibility index (Phi) is 7.82. The molecule has 0 radical (unpaired) electrons. The molecule has 0 aromatic heterocycles. The van der Waals surface area contributed by atoms with Gasteiger partial charge in [0.1, 0.15) is 5.75 Å².